The second-order valence-electron chi connectivity index (χ2n) is 7.76. The summed E-state index contributed by atoms with van der Waals surface area (Å²) in [6.07, 6.45) is -8.13. The van der Waals surface area contributed by atoms with Crippen LogP contribution in [0, 0.1) is 12.7 Å². The van der Waals surface area contributed by atoms with Crippen LogP contribution in [0.1, 0.15) is 11.3 Å². The van der Waals surface area contributed by atoms with Gasteiger partial charge in [0, 0.05) is 30.6 Å². The Bertz CT molecular complexity index is 1280. The highest BCUT2D eigenvalue weighted by Gasteiger charge is 2.38. The van der Waals surface area contributed by atoms with E-state index in [0.29, 0.717) is 12.2 Å². The van der Waals surface area contributed by atoms with Crippen molar-refractivity contribution in [3.05, 3.63) is 65.7 Å². The second kappa shape index (κ2) is 14.0. The molecule has 17 heteroatoms. The van der Waals surface area contributed by atoms with Crippen molar-refractivity contribution >= 4 is 23.7 Å². The maximum absolute atomic E-state index is 13.0. The lowest BCUT2D eigenvalue weighted by Crippen LogP contribution is -2.37. The Morgan fingerprint density at radius 2 is 1.48 bits per heavy atom. The van der Waals surface area contributed by atoms with Crippen molar-refractivity contribution in [2.45, 2.75) is 31.7 Å². The molecule has 0 aliphatic heterocycles. The number of aliphatic carboxylic acids is 2. The van der Waals surface area contributed by atoms with Gasteiger partial charge in [0.25, 0.3) is 0 Å². The number of nitrogens with one attached hydrogen (secondary N) is 1. The molecule has 2 aromatic heterocycles. The number of carboxylic acid groups (broad SMARTS) is 2. The van der Waals surface area contributed by atoms with Crippen LogP contribution in [0.3, 0.4) is 0 Å². The summed E-state index contributed by atoms with van der Waals surface area (Å²) < 4.78 is 78.0. The van der Waals surface area contributed by atoms with Crippen LogP contribution in [0.15, 0.2) is 48.7 Å². The first-order valence-corrected chi connectivity index (χ1v) is 10.7. The minimum absolute atomic E-state index is 0.319. The number of carbonyl (C=O) groups is 3. The fraction of sp³-hybridized carbons (Fsp3) is 0.261. The van der Waals surface area contributed by atoms with Gasteiger partial charge < -0.3 is 21.3 Å². The van der Waals surface area contributed by atoms with Crippen LogP contribution in [0.5, 0.6) is 0 Å². The van der Waals surface area contributed by atoms with Gasteiger partial charge in [-0.1, -0.05) is 12.1 Å². The van der Waals surface area contributed by atoms with Crippen LogP contribution in [-0.2, 0) is 27.9 Å². The van der Waals surface area contributed by atoms with Crippen LogP contribution >= 0.6 is 0 Å². The number of benzene rings is 1. The van der Waals surface area contributed by atoms with Crippen molar-refractivity contribution in [3.63, 3.8) is 0 Å². The van der Waals surface area contributed by atoms with E-state index in [4.69, 9.17) is 25.5 Å². The van der Waals surface area contributed by atoms with E-state index in [9.17, 15) is 35.5 Å². The zero-order valence-electron chi connectivity index (χ0n) is 20.6. The molecule has 2 heterocycles. The minimum Gasteiger partial charge on any atom is -0.475 e. The van der Waals surface area contributed by atoms with E-state index in [2.05, 4.69) is 15.4 Å². The van der Waals surface area contributed by atoms with Crippen molar-refractivity contribution in [2.75, 3.05) is 5.32 Å². The van der Waals surface area contributed by atoms with Gasteiger partial charge in [0.2, 0.25) is 5.91 Å². The minimum atomic E-state index is -5.08. The number of aryl methyl sites for hydroxylation is 2. The maximum Gasteiger partial charge on any atom is 0.490 e. The lowest BCUT2D eigenvalue weighted by molar-refractivity contribution is -0.193. The van der Waals surface area contributed by atoms with Crippen molar-refractivity contribution in [2.24, 2.45) is 12.8 Å². The number of hydrogen-bond donors (Lipinski definition) is 4. The van der Waals surface area contributed by atoms with Crippen molar-refractivity contribution in [1.29, 1.82) is 0 Å². The highest BCUT2D eigenvalue weighted by molar-refractivity contribution is 5.94. The number of amides is 1. The van der Waals surface area contributed by atoms with Gasteiger partial charge in [-0.2, -0.15) is 31.4 Å². The molecule has 3 rings (SSSR count). The van der Waals surface area contributed by atoms with Gasteiger partial charge in [0.15, 0.2) is 0 Å². The maximum atomic E-state index is 13.0. The molecule has 0 spiro atoms. The Morgan fingerprint density at radius 3 is 1.93 bits per heavy atom. The summed E-state index contributed by atoms with van der Waals surface area (Å²) >= 11 is 0. The second-order valence-corrected chi connectivity index (χ2v) is 7.76. The molecule has 0 aliphatic carbocycles. The quantitative estimate of drug-likeness (QED) is 0.332. The molecule has 1 atom stereocenters. The van der Waals surface area contributed by atoms with Crippen LogP contribution < -0.4 is 11.1 Å². The highest BCUT2D eigenvalue weighted by atomic mass is 19.4. The predicted octanol–water partition coefficient (Wildman–Crippen LogP) is 3.70. The Balaban J connectivity index is 0.000000473. The Hall–Kier alpha value is -4.54. The standard InChI is InChI=1S/C19H20FN5O.2C2HF3O2/c1-12-9-14(7-8-22-12)17-11-18(25(2)24-17)23-19(26)16(21)10-13-3-5-15(20)6-4-13;2*3-2(4,5)1(6)7/h3-9,11,16H,10,21H2,1-2H3,(H,23,26);2*(H,6,7)/t16-;;/m0../s1. The molecule has 0 radical (unpaired) electrons. The Labute approximate surface area is 221 Å². The molecule has 40 heavy (non-hydrogen) atoms. The number of carboxylic acids is 2. The van der Waals surface area contributed by atoms with Gasteiger partial charge in [-0.05, 0) is 43.2 Å². The number of alkyl halides is 6. The molecule has 218 valence electrons. The molecule has 1 amide bonds. The normalized spacial score (nSPS) is 11.8. The average molecular weight is 581 g/mol. The van der Waals surface area contributed by atoms with Gasteiger partial charge in [-0.15, -0.1) is 0 Å². The molecule has 1 aromatic carbocycles. The van der Waals surface area contributed by atoms with Crippen LogP contribution in [0.2, 0.25) is 0 Å². The number of hydrogen-bond acceptors (Lipinski definition) is 6. The number of carbonyl (C=O) groups excluding carboxylic acids is 1. The predicted molar refractivity (Wildman–Crippen MR) is 125 cm³/mol. The van der Waals surface area contributed by atoms with Gasteiger partial charge >= 0.3 is 24.3 Å². The fourth-order valence-electron chi connectivity index (χ4n) is 2.62. The van der Waals surface area contributed by atoms with Gasteiger partial charge in [0.05, 0.1) is 11.7 Å². The molecular weight excluding hydrogens is 559 g/mol. The third-order valence-electron chi connectivity index (χ3n) is 4.51. The number of halogens is 7. The molecule has 0 saturated carbocycles. The molecule has 0 fully saturated rings. The first kappa shape index (κ1) is 33.5. The summed E-state index contributed by atoms with van der Waals surface area (Å²) in [5.74, 6) is -5.61. The third-order valence-corrected chi connectivity index (χ3v) is 4.51. The molecule has 0 bridgehead atoms. The first-order chi connectivity index (χ1) is 18.3. The molecule has 0 saturated heterocycles. The number of nitrogens with zero attached hydrogens (tertiary/aromatic N) is 3. The number of rotatable bonds is 5. The first-order valence-electron chi connectivity index (χ1n) is 10.7. The monoisotopic (exact) mass is 581 g/mol. The summed E-state index contributed by atoms with van der Waals surface area (Å²) in [7, 11) is 1.75. The van der Waals surface area contributed by atoms with Crippen molar-refractivity contribution in [1.82, 2.24) is 14.8 Å². The molecule has 10 nitrogen and oxygen atoms in total. The summed E-state index contributed by atoms with van der Waals surface area (Å²) in [6.45, 7) is 1.91. The average Bonchev–Trinajstić information content (AvgIpc) is 3.20. The van der Waals surface area contributed by atoms with Crippen LogP contribution in [0.4, 0.5) is 36.6 Å². The van der Waals surface area contributed by atoms with E-state index in [1.54, 1.807) is 36.1 Å². The van der Waals surface area contributed by atoms with Crippen molar-refractivity contribution < 1.29 is 55.3 Å². The molecular formula is C23H22F7N5O5. The molecule has 3 aromatic rings. The number of anilines is 1. The van der Waals surface area contributed by atoms with E-state index >= 15 is 0 Å². The number of pyridine rings is 1. The summed E-state index contributed by atoms with van der Waals surface area (Å²) in [5.41, 5.74) is 9.32. The van der Waals surface area contributed by atoms with Crippen LogP contribution in [0.25, 0.3) is 11.3 Å². The molecule has 0 aliphatic rings. The SMILES string of the molecule is Cc1cc(-c2cc(NC(=O)[C@@H](N)Cc3ccc(F)cc3)n(C)n2)ccn1.O=C(O)C(F)(F)F.O=C(O)C(F)(F)F. The Kier molecular flexibility index (Phi) is 11.7. The van der Waals surface area contributed by atoms with Gasteiger partial charge in [-0.3, -0.25) is 14.5 Å². The van der Waals surface area contributed by atoms with E-state index in [-0.39, 0.29) is 11.7 Å². The number of aromatic nitrogens is 3. The topological polar surface area (TPSA) is 160 Å². The summed E-state index contributed by atoms with van der Waals surface area (Å²) in [5, 5.41) is 21.5. The smallest absolute Gasteiger partial charge is 0.475 e. The summed E-state index contributed by atoms with van der Waals surface area (Å²) in [6, 6.07) is 10.8. The van der Waals surface area contributed by atoms with Crippen molar-refractivity contribution in [3.8, 4) is 11.3 Å². The molecule has 0 unspecified atom stereocenters. The highest BCUT2D eigenvalue weighted by Crippen LogP contribution is 2.21. The van der Waals surface area contributed by atoms with E-state index in [1.807, 2.05) is 19.1 Å². The lowest BCUT2D eigenvalue weighted by Gasteiger charge is -2.12. The van der Waals surface area contributed by atoms with E-state index < -0.39 is 30.3 Å². The fourth-order valence-corrected chi connectivity index (χ4v) is 2.62. The van der Waals surface area contributed by atoms with E-state index in [1.165, 1.54) is 12.1 Å². The number of nitrogens with two attached hydrogens (primary N) is 1. The Morgan fingerprint density at radius 1 is 0.975 bits per heavy atom. The lowest BCUT2D eigenvalue weighted by atomic mass is 10.1. The zero-order chi connectivity index (χ0) is 30.8. The third kappa shape index (κ3) is 11.5. The zero-order valence-corrected chi connectivity index (χ0v) is 20.6. The molecule has 5 N–H and O–H groups in total. The summed E-state index contributed by atoms with van der Waals surface area (Å²) in [4.78, 5) is 34.3. The largest absolute Gasteiger partial charge is 0.490 e. The van der Waals surface area contributed by atoms with Gasteiger partial charge in [0.1, 0.15) is 11.6 Å². The van der Waals surface area contributed by atoms with Gasteiger partial charge in [-0.25, -0.2) is 14.0 Å². The van der Waals surface area contributed by atoms with Crippen LogP contribution in [-0.4, -0.2) is 61.2 Å². The van der Waals surface area contributed by atoms with E-state index in [0.717, 1.165) is 22.5 Å².